The number of para-hydroxylation sites is 2. The molecule has 2 aromatic rings. The van der Waals surface area contributed by atoms with Crippen LogP contribution in [0.2, 0.25) is 0 Å². The van der Waals surface area contributed by atoms with E-state index in [1.54, 1.807) is 44.2 Å². The van der Waals surface area contributed by atoms with Gasteiger partial charge in [0, 0.05) is 38.7 Å². The number of nitro groups is 1. The number of hydrogen-bond acceptors (Lipinski definition) is 6. The topological polar surface area (TPSA) is 122 Å². The zero-order valence-electron chi connectivity index (χ0n) is 17.0. The number of nitrogens with one attached hydrogen (secondary N) is 2. The number of benzene rings is 2. The quantitative estimate of drug-likeness (QED) is 0.414. The van der Waals surface area contributed by atoms with Crippen LogP contribution >= 0.6 is 0 Å². The molecule has 9 nitrogen and oxygen atoms in total. The van der Waals surface area contributed by atoms with E-state index >= 15 is 0 Å². The highest BCUT2D eigenvalue weighted by Crippen LogP contribution is 2.22. The highest BCUT2D eigenvalue weighted by atomic mass is 32.2. The molecule has 162 valence electrons. The minimum absolute atomic E-state index is 0.0438. The molecule has 0 fully saturated rings. The van der Waals surface area contributed by atoms with Gasteiger partial charge < -0.3 is 10.6 Å². The Hall–Kier alpha value is -2.98. The summed E-state index contributed by atoms with van der Waals surface area (Å²) in [6.45, 7) is 4.88. The first-order chi connectivity index (χ1) is 14.3. The Morgan fingerprint density at radius 1 is 1.07 bits per heavy atom. The first-order valence-corrected chi connectivity index (χ1v) is 11.1. The van der Waals surface area contributed by atoms with Gasteiger partial charge in [-0.05, 0) is 23.8 Å². The first-order valence-electron chi connectivity index (χ1n) is 9.62. The number of rotatable bonds is 11. The fourth-order valence-electron chi connectivity index (χ4n) is 2.87. The summed E-state index contributed by atoms with van der Waals surface area (Å²) in [6.07, 6.45) is 0.139. The fraction of sp³-hybridized carbons (Fsp3) is 0.350. The van der Waals surface area contributed by atoms with Crippen LogP contribution in [0.4, 0.5) is 11.4 Å². The van der Waals surface area contributed by atoms with Crippen molar-refractivity contribution < 1.29 is 18.1 Å². The van der Waals surface area contributed by atoms with E-state index in [9.17, 15) is 23.3 Å². The maximum atomic E-state index is 12.5. The number of nitro benzene ring substituents is 1. The van der Waals surface area contributed by atoms with Gasteiger partial charge in [-0.25, -0.2) is 8.42 Å². The van der Waals surface area contributed by atoms with Gasteiger partial charge in [-0.1, -0.05) is 38.1 Å². The lowest BCUT2D eigenvalue weighted by atomic mass is 10.2. The number of carbonyl (C=O) groups excluding carboxylic acids is 1. The summed E-state index contributed by atoms with van der Waals surface area (Å²) in [5.41, 5.74) is 1.09. The second-order valence-electron chi connectivity index (χ2n) is 6.46. The maximum absolute atomic E-state index is 12.5. The molecule has 0 aliphatic heterocycles. The van der Waals surface area contributed by atoms with Crippen molar-refractivity contribution in [3.8, 4) is 0 Å². The summed E-state index contributed by atoms with van der Waals surface area (Å²) in [6, 6.07) is 12.6. The summed E-state index contributed by atoms with van der Waals surface area (Å²) in [5, 5.41) is 16.6. The molecule has 0 unspecified atom stereocenters. The molecule has 0 aliphatic carbocycles. The van der Waals surface area contributed by atoms with Gasteiger partial charge in [0.25, 0.3) is 5.69 Å². The van der Waals surface area contributed by atoms with Gasteiger partial charge in [-0.2, -0.15) is 4.31 Å². The fourth-order valence-corrected chi connectivity index (χ4v) is 4.33. The highest BCUT2D eigenvalue weighted by molar-refractivity contribution is 7.89. The molecule has 2 N–H and O–H groups in total. The second kappa shape index (κ2) is 10.7. The molecule has 0 radical (unpaired) electrons. The third-order valence-electron chi connectivity index (χ3n) is 4.52. The largest absolute Gasteiger partial charge is 0.379 e. The average molecular weight is 435 g/mol. The van der Waals surface area contributed by atoms with Crippen LogP contribution in [0.1, 0.15) is 25.8 Å². The Bertz CT molecular complexity index is 973. The highest BCUT2D eigenvalue weighted by Gasteiger charge is 2.21. The monoisotopic (exact) mass is 434 g/mol. The molecule has 0 atom stereocenters. The number of nitrogens with zero attached hydrogens (tertiary/aromatic N) is 2. The van der Waals surface area contributed by atoms with Crippen LogP contribution in [0.5, 0.6) is 0 Å². The van der Waals surface area contributed by atoms with Crippen LogP contribution in [0.15, 0.2) is 53.4 Å². The van der Waals surface area contributed by atoms with Crippen LogP contribution in [0.25, 0.3) is 0 Å². The third-order valence-corrected chi connectivity index (χ3v) is 6.59. The van der Waals surface area contributed by atoms with Crippen LogP contribution in [-0.2, 0) is 21.4 Å². The molecule has 30 heavy (non-hydrogen) atoms. The number of carbonyl (C=O) groups is 1. The zero-order valence-corrected chi connectivity index (χ0v) is 17.8. The Morgan fingerprint density at radius 3 is 2.30 bits per heavy atom. The van der Waals surface area contributed by atoms with Crippen LogP contribution in [-0.4, -0.2) is 43.2 Å². The second-order valence-corrected chi connectivity index (χ2v) is 8.40. The standard InChI is InChI=1S/C20H26N4O5S/c1-3-23(4-2)30(28,29)17-11-9-16(10-12-17)15-22-20(25)13-14-21-18-7-5-6-8-19(18)24(26)27/h5-12,21H,3-4,13-15H2,1-2H3,(H,22,25). The zero-order chi connectivity index (χ0) is 22.1. The van der Waals surface area contributed by atoms with E-state index in [-0.39, 0.29) is 36.0 Å². The van der Waals surface area contributed by atoms with Gasteiger partial charge in [0.2, 0.25) is 15.9 Å². The van der Waals surface area contributed by atoms with E-state index in [0.717, 1.165) is 5.56 Å². The van der Waals surface area contributed by atoms with Crippen LogP contribution in [0.3, 0.4) is 0 Å². The lowest BCUT2D eigenvalue weighted by Crippen LogP contribution is -2.30. The first kappa shape index (κ1) is 23.3. The van der Waals surface area contributed by atoms with Crippen molar-refractivity contribution in [3.05, 3.63) is 64.2 Å². The molecule has 0 heterocycles. The smallest absolute Gasteiger partial charge is 0.292 e. The Balaban J connectivity index is 1.85. The van der Waals surface area contributed by atoms with Gasteiger partial charge in [0.05, 0.1) is 9.82 Å². The summed E-state index contributed by atoms with van der Waals surface area (Å²) in [5.74, 6) is -0.221. The molecule has 2 aromatic carbocycles. The SMILES string of the molecule is CCN(CC)S(=O)(=O)c1ccc(CNC(=O)CCNc2ccccc2[N+](=O)[O-])cc1. The van der Waals surface area contributed by atoms with Crippen molar-refractivity contribution in [2.45, 2.75) is 31.7 Å². The minimum Gasteiger partial charge on any atom is -0.379 e. The molecule has 1 amide bonds. The van der Waals surface area contributed by atoms with Crippen LogP contribution in [0, 0.1) is 10.1 Å². The van der Waals surface area contributed by atoms with Gasteiger partial charge >= 0.3 is 0 Å². The van der Waals surface area contributed by atoms with E-state index in [1.807, 2.05) is 0 Å². The predicted octanol–water partition coefficient (Wildman–Crippen LogP) is 2.74. The van der Waals surface area contributed by atoms with Crippen molar-refractivity contribution in [3.63, 3.8) is 0 Å². The Kier molecular flexibility index (Phi) is 8.31. The normalized spacial score (nSPS) is 11.3. The van der Waals surface area contributed by atoms with Gasteiger partial charge in [0.15, 0.2) is 0 Å². The molecule has 0 aliphatic rings. The molecule has 2 rings (SSSR count). The molecular weight excluding hydrogens is 408 g/mol. The molecule has 10 heteroatoms. The van der Waals surface area contributed by atoms with E-state index < -0.39 is 14.9 Å². The van der Waals surface area contributed by atoms with E-state index in [0.29, 0.717) is 18.8 Å². The number of sulfonamides is 1. The summed E-state index contributed by atoms with van der Waals surface area (Å²) in [7, 11) is -3.51. The molecule has 0 bridgehead atoms. The Labute approximate surface area is 176 Å². The molecule has 0 aromatic heterocycles. The van der Waals surface area contributed by atoms with E-state index in [2.05, 4.69) is 10.6 Å². The molecular formula is C20H26N4O5S. The molecule has 0 saturated carbocycles. The Morgan fingerprint density at radius 2 is 1.70 bits per heavy atom. The van der Waals surface area contributed by atoms with Crippen molar-refractivity contribution in [2.75, 3.05) is 25.0 Å². The van der Waals surface area contributed by atoms with Crippen molar-refractivity contribution in [2.24, 2.45) is 0 Å². The van der Waals surface area contributed by atoms with Gasteiger partial charge in [-0.15, -0.1) is 0 Å². The summed E-state index contributed by atoms with van der Waals surface area (Å²) in [4.78, 5) is 22.8. The van der Waals surface area contributed by atoms with Gasteiger partial charge in [0.1, 0.15) is 5.69 Å². The lowest BCUT2D eigenvalue weighted by Gasteiger charge is -2.18. The predicted molar refractivity (Wildman–Crippen MR) is 115 cm³/mol. The lowest BCUT2D eigenvalue weighted by molar-refractivity contribution is -0.384. The van der Waals surface area contributed by atoms with Gasteiger partial charge in [-0.3, -0.25) is 14.9 Å². The van der Waals surface area contributed by atoms with Crippen LogP contribution < -0.4 is 10.6 Å². The summed E-state index contributed by atoms with van der Waals surface area (Å²) < 4.78 is 26.3. The van der Waals surface area contributed by atoms with Crippen molar-refractivity contribution in [1.29, 1.82) is 0 Å². The summed E-state index contributed by atoms with van der Waals surface area (Å²) >= 11 is 0. The average Bonchev–Trinajstić information content (AvgIpc) is 2.73. The number of amides is 1. The van der Waals surface area contributed by atoms with E-state index in [1.165, 1.54) is 22.5 Å². The minimum atomic E-state index is -3.51. The van der Waals surface area contributed by atoms with Crippen molar-refractivity contribution >= 4 is 27.3 Å². The maximum Gasteiger partial charge on any atom is 0.292 e. The van der Waals surface area contributed by atoms with E-state index in [4.69, 9.17) is 0 Å². The molecule has 0 spiro atoms. The van der Waals surface area contributed by atoms with Crippen molar-refractivity contribution in [1.82, 2.24) is 9.62 Å². The molecule has 0 saturated heterocycles. The third kappa shape index (κ3) is 6.01. The number of anilines is 1. The number of hydrogen-bond donors (Lipinski definition) is 2.